The van der Waals surface area contributed by atoms with E-state index in [9.17, 15) is 22.9 Å². The van der Waals surface area contributed by atoms with E-state index in [2.05, 4.69) is 43.5 Å². The van der Waals surface area contributed by atoms with Gasteiger partial charge in [0.05, 0.1) is 17.9 Å². The molecular formula is C45H85NO5S. The summed E-state index contributed by atoms with van der Waals surface area (Å²) < 4.78 is 32.6. The zero-order chi connectivity index (χ0) is 38.2. The summed E-state index contributed by atoms with van der Waals surface area (Å²) in [6.45, 7) is 4.52. The molecule has 0 aromatic heterocycles. The summed E-state index contributed by atoms with van der Waals surface area (Å²) >= 11 is 0. The van der Waals surface area contributed by atoms with Gasteiger partial charge in [0, 0.05) is 6.42 Å². The molecule has 0 bridgehead atoms. The van der Waals surface area contributed by atoms with Gasteiger partial charge in [-0.2, -0.15) is 8.42 Å². The average Bonchev–Trinajstić information content (AvgIpc) is 3.11. The molecule has 2 atom stereocenters. The van der Waals surface area contributed by atoms with Crippen LogP contribution in [0.5, 0.6) is 0 Å². The standard InChI is InChI=1S/C45H85NO5S/c1-3-5-7-9-11-13-15-17-19-21-23-24-26-28-30-32-34-36-38-40-44(47)43(42-52(49,50)51)46-45(48)41-39-37-35-33-31-29-27-25-22-20-18-16-14-12-10-8-6-4-2/h14,16,20,22,38,40,43-44,47H,3-13,15,17-19,21,23-37,39,41-42H2,1-2H3,(H,46,48)(H,49,50,51)/b16-14-,22-20-,40-38+. The van der Waals surface area contributed by atoms with Crippen molar-refractivity contribution in [3.63, 3.8) is 0 Å². The lowest BCUT2D eigenvalue weighted by molar-refractivity contribution is -0.122. The monoisotopic (exact) mass is 752 g/mol. The van der Waals surface area contributed by atoms with Gasteiger partial charge in [0.1, 0.15) is 0 Å². The number of aliphatic hydroxyl groups is 1. The van der Waals surface area contributed by atoms with Gasteiger partial charge in [-0.25, -0.2) is 0 Å². The van der Waals surface area contributed by atoms with Crippen LogP contribution >= 0.6 is 0 Å². The SMILES string of the molecule is CCCCCC/C=C\C/C=C\CCCCCCCCCC(=O)NC(CS(=O)(=O)O)C(O)/C=C/CCCCCCCCCCCCCCCCCCC. The van der Waals surface area contributed by atoms with Crippen molar-refractivity contribution in [1.82, 2.24) is 5.32 Å². The lowest BCUT2D eigenvalue weighted by Gasteiger charge is -2.21. The topological polar surface area (TPSA) is 104 Å². The first kappa shape index (κ1) is 50.6. The Morgan fingerprint density at radius 1 is 0.519 bits per heavy atom. The molecular weight excluding hydrogens is 667 g/mol. The van der Waals surface area contributed by atoms with E-state index in [4.69, 9.17) is 0 Å². The Kier molecular flexibility index (Phi) is 38.2. The third-order valence-electron chi connectivity index (χ3n) is 10.1. The number of allylic oxidation sites excluding steroid dienone is 5. The van der Waals surface area contributed by atoms with E-state index < -0.39 is 28.0 Å². The number of hydrogen-bond acceptors (Lipinski definition) is 4. The van der Waals surface area contributed by atoms with Crippen molar-refractivity contribution in [2.45, 2.75) is 238 Å². The molecule has 0 spiro atoms. The molecule has 0 aromatic rings. The van der Waals surface area contributed by atoms with E-state index in [0.29, 0.717) is 0 Å². The van der Waals surface area contributed by atoms with Crippen LogP contribution in [0.15, 0.2) is 36.5 Å². The largest absolute Gasteiger partial charge is 0.387 e. The summed E-state index contributed by atoms with van der Waals surface area (Å²) in [5.41, 5.74) is 0. The molecule has 2 unspecified atom stereocenters. The van der Waals surface area contributed by atoms with Gasteiger partial charge in [0.2, 0.25) is 5.91 Å². The van der Waals surface area contributed by atoms with Crippen LogP contribution < -0.4 is 5.32 Å². The summed E-state index contributed by atoms with van der Waals surface area (Å²) in [7, 11) is -4.35. The van der Waals surface area contributed by atoms with Crippen molar-refractivity contribution in [2.75, 3.05) is 5.75 Å². The molecule has 0 rings (SSSR count). The maximum Gasteiger partial charge on any atom is 0.267 e. The van der Waals surface area contributed by atoms with Gasteiger partial charge in [0.25, 0.3) is 10.1 Å². The third-order valence-corrected chi connectivity index (χ3v) is 10.8. The maximum atomic E-state index is 12.5. The van der Waals surface area contributed by atoms with E-state index in [1.165, 1.54) is 148 Å². The highest BCUT2D eigenvalue weighted by molar-refractivity contribution is 7.85. The second-order valence-electron chi connectivity index (χ2n) is 15.3. The summed E-state index contributed by atoms with van der Waals surface area (Å²) in [5, 5.41) is 13.3. The smallest absolute Gasteiger partial charge is 0.267 e. The maximum absolute atomic E-state index is 12.5. The number of aliphatic hydroxyl groups excluding tert-OH is 1. The molecule has 6 nitrogen and oxygen atoms in total. The first-order valence-electron chi connectivity index (χ1n) is 22.2. The fourth-order valence-corrected chi connectivity index (χ4v) is 7.45. The van der Waals surface area contributed by atoms with E-state index in [-0.39, 0.29) is 12.3 Å². The summed E-state index contributed by atoms with van der Waals surface area (Å²) in [5.74, 6) is -0.985. The fraction of sp³-hybridized carbons (Fsp3) is 0.844. The van der Waals surface area contributed by atoms with E-state index in [1.807, 2.05) is 6.08 Å². The molecule has 3 N–H and O–H groups in total. The van der Waals surface area contributed by atoms with Crippen molar-refractivity contribution in [3.05, 3.63) is 36.5 Å². The predicted octanol–water partition coefficient (Wildman–Crippen LogP) is 13.3. The number of carbonyl (C=O) groups is 1. The van der Waals surface area contributed by atoms with Gasteiger partial charge in [0.15, 0.2) is 0 Å². The van der Waals surface area contributed by atoms with E-state index >= 15 is 0 Å². The first-order chi connectivity index (χ1) is 25.3. The van der Waals surface area contributed by atoms with E-state index in [0.717, 1.165) is 57.8 Å². The van der Waals surface area contributed by atoms with Crippen molar-refractivity contribution in [2.24, 2.45) is 0 Å². The number of nitrogens with one attached hydrogen (secondary N) is 1. The number of amides is 1. The van der Waals surface area contributed by atoms with Gasteiger partial charge in [-0.15, -0.1) is 0 Å². The molecule has 306 valence electrons. The predicted molar refractivity (Wildman–Crippen MR) is 225 cm³/mol. The van der Waals surface area contributed by atoms with Crippen LogP contribution in [0.4, 0.5) is 0 Å². The first-order valence-corrected chi connectivity index (χ1v) is 23.8. The lowest BCUT2D eigenvalue weighted by atomic mass is 10.0. The van der Waals surface area contributed by atoms with Crippen LogP contribution in [0.3, 0.4) is 0 Å². The Morgan fingerprint density at radius 3 is 1.27 bits per heavy atom. The van der Waals surface area contributed by atoms with Gasteiger partial charge < -0.3 is 10.4 Å². The van der Waals surface area contributed by atoms with Gasteiger partial charge in [-0.05, 0) is 51.4 Å². The molecule has 0 heterocycles. The highest BCUT2D eigenvalue weighted by Gasteiger charge is 2.24. The Hall–Kier alpha value is -1.44. The minimum absolute atomic E-state index is 0.285. The van der Waals surface area contributed by atoms with Crippen LogP contribution in [-0.4, -0.2) is 41.9 Å². The van der Waals surface area contributed by atoms with E-state index in [1.54, 1.807) is 6.08 Å². The normalized spacial score (nSPS) is 13.5. The number of unbranched alkanes of at least 4 members (excludes halogenated alkanes) is 28. The molecule has 0 fully saturated rings. The minimum atomic E-state index is -4.35. The molecule has 0 aliphatic carbocycles. The summed E-state index contributed by atoms with van der Waals surface area (Å²) in [6, 6.07) is -1.06. The Morgan fingerprint density at radius 2 is 0.865 bits per heavy atom. The van der Waals surface area contributed by atoms with Crippen molar-refractivity contribution < 1.29 is 22.9 Å². The fourth-order valence-electron chi connectivity index (χ4n) is 6.72. The second-order valence-corrected chi connectivity index (χ2v) is 16.8. The van der Waals surface area contributed by atoms with Crippen LogP contribution in [0.25, 0.3) is 0 Å². The number of hydrogen-bond donors (Lipinski definition) is 3. The molecule has 0 saturated heterocycles. The quantitative estimate of drug-likeness (QED) is 0.0328. The summed E-state index contributed by atoms with van der Waals surface area (Å²) in [6.07, 6.45) is 51.3. The van der Waals surface area contributed by atoms with Crippen molar-refractivity contribution >= 4 is 16.0 Å². The van der Waals surface area contributed by atoms with Crippen molar-refractivity contribution in [1.29, 1.82) is 0 Å². The van der Waals surface area contributed by atoms with Crippen LogP contribution in [0.2, 0.25) is 0 Å². The zero-order valence-electron chi connectivity index (χ0n) is 34.2. The molecule has 0 saturated carbocycles. The second kappa shape index (κ2) is 39.3. The third kappa shape index (κ3) is 39.8. The van der Waals surface area contributed by atoms with Gasteiger partial charge in [-0.3, -0.25) is 9.35 Å². The molecule has 0 radical (unpaired) electrons. The average molecular weight is 752 g/mol. The highest BCUT2D eigenvalue weighted by Crippen LogP contribution is 2.15. The molecule has 0 aliphatic rings. The minimum Gasteiger partial charge on any atom is -0.387 e. The molecule has 52 heavy (non-hydrogen) atoms. The Bertz CT molecular complexity index is 961. The number of rotatable bonds is 40. The summed E-state index contributed by atoms with van der Waals surface area (Å²) in [4.78, 5) is 12.5. The van der Waals surface area contributed by atoms with Crippen LogP contribution in [0.1, 0.15) is 226 Å². The molecule has 1 amide bonds. The molecule has 0 aromatic carbocycles. The Labute approximate surface area is 323 Å². The van der Waals surface area contributed by atoms with Gasteiger partial charge in [-0.1, -0.05) is 204 Å². The van der Waals surface area contributed by atoms with Crippen LogP contribution in [0, 0.1) is 0 Å². The highest BCUT2D eigenvalue weighted by atomic mass is 32.2. The molecule has 7 heteroatoms. The molecule has 0 aliphatic heterocycles. The van der Waals surface area contributed by atoms with Crippen molar-refractivity contribution in [3.8, 4) is 0 Å². The van der Waals surface area contributed by atoms with Crippen LogP contribution in [-0.2, 0) is 14.9 Å². The number of carbonyl (C=O) groups excluding carboxylic acids is 1. The lowest BCUT2D eigenvalue weighted by Crippen LogP contribution is -2.46. The zero-order valence-corrected chi connectivity index (χ0v) is 35.0. The van der Waals surface area contributed by atoms with Gasteiger partial charge >= 0.3 is 0 Å². The Balaban J connectivity index is 3.89.